The van der Waals surface area contributed by atoms with Crippen LogP contribution in [-0.4, -0.2) is 35.9 Å². The average Bonchev–Trinajstić information content (AvgIpc) is 2.73. The third-order valence-electron chi connectivity index (χ3n) is 4.76. The van der Waals surface area contributed by atoms with Crippen molar-refractivity contribution in [3.63, 3.8) is 0 Å². The average molecular weight is 475 g/mol. The van der Waals surface area contributed by atoms with Crippen LogP contribution in [-0.2, 0) is 16.1 Å². The number of carbonyl (C=O) groups excluding carboxylic acids is 2. The van der Waals surface area contributed by atoms with E-state index in [4.69, 9.17) is 4.74 Å². The molecule has 0 saturated heterocycles. The Balaban J connectivity index is 2.16. The summed E-state index contributed by atoms with van der Waals surface area (Å²) in [7, 11) is 0. The van der Waals surface area contributed by atoms with Crippen molar-refractivity contribution in [2.24, 2.45) is 5.92 Å². The molecule has 1 atom stereocenters. The molecule has 5 nitrogen and oxygen atoms in total. The van der Waals surface area contributed by atoms with E-state index in [1.165, 1.54) is 0 Å². The number of nitrogens with one attached hydrogen (secondary N) is 1. The highest BCUT2D eigenvalue weighted by molar-refractivity contribution is 9.10. The Bertz CT molecular complexity index is 840. The zero-order chi connectivity index (χ0) is 22.1. The van der Waals surface area contributed by atoms with Crippen LogP contribution in [0.25, 0.3) is 0 Å². The molecule has 0 heterocycles. The van der Waals surface area contributed by atoms with Crippen molar-refractivity contribution in [1.82, 2.24) is 10.2 Å². The van der Waals surface area contributed by atoms with Gasteiger partial charge in [0.15, 0.2) is 6.61 Å². The number of aryl methyl sites for hydroxylation is 1. The van der Waals surface area contributed by atoms with Gasteiger partial charge in [-0.15, -0.1) is 0 Å². The van der Waals surface area contributed by atoms with Crippen molar-refractivity contribution in [2.75, 3.05) is 13.2 Å². The Morgan fingerprint density at radius 2 is 1.83 bits per heavy atom. The van der Waals surface area contributed by atoms with E-state index in [9.17, 15) is 9.59 Å². The molecule has 162 valence electrons. The van der Waals surface area contributed by atoms with E-state index in [1.54, 1.807) is 4.90 Å². The zero-order valence-corrected chi connectivity index (χ0v) is 19.7. The van der Waals surface area contributed by atoms with Crippen LogP contribution in [0.2, 0.25) is 0 Å². The van der Waals surface area contributed by atoms with E-state index in [-0.39, 0.29) is 18.4 Å². The number of benzene rings is 2. The van der Waals surface area contributed by atoms with Gasteiger partial charge in [0.05, 0.1) is 0 Å². The number of ether oxygens (including phenoxy) is 1. The van der Waals surface area contributed by atoms with E-state index >= 15 is 0 Å². The van der Waals surface area contributed by atoms with Crippen molar-refractivity contribution < 1.29 is 14.3 Å². The van der Waals surface area contributed by atoms with Crippen molar-refractivity contribution >= 4 is 27.7 Å². The van der Waals surface area contributed by atoms with E-state index in [0.29, 0.717) is 31.2 Å². The monoisotopic (exact) mass is 474 g/mol. The molecule has 0 aliphatic carbocycles. The number of hydrogen-bond acceptors (Lipinski definition) is 3. The Labute approximate surface area is 187 Å². The lowest BCUT2D eigenvalue weighted by molar-refractivity contribution is -0.143. The van der Waals surface area contributed by atoms with Crippen LogP contribution in [0.15, 0.2) is 53.0 Å². The second-order valence-corrected chi connectivity index (χ2v) is 8.62. The molecule has 0 aliphatic rings. The summed E-state index contributed by atoms with van der Waals surface area (Å²) in [6.45, 7) is 8.79. The molecule has 0 saturated carbocycles. The molecule has 0 unspecified atom stereocenters. The maximum atomic E-state index is 13.1. The first-order valence-electron chi connectivity index (χ1n) is 10.3. The highest BCUT2D eigenvalue weighted by Gasteiger charge is 2.29. The molecule has 2 aromatic carbocycles. The minimum atomic E-state index is -0.549. The largest absolute Gasteiger partial charge is 0.484 e. The fraction of sp³-hybridized carbons (Fsp3) is 0.417. The summed E-state index contributed by atoms with van der Waals surface area (Å²) in [6, 6.07) is 14.7. The van der Waals surface area contributed by atoms with Crippen LogP contribution in [0, 0.1) is 12.8 Å². The van der Waals surface area contributed by atoms with Crippen LogP contribution >= 0.6 is 15.9 Å². The molecule has 0 aliphatic heterocycles. The number of rotatable bonds is 10. The normalized spacial score (nSPS) is 11.8. The smallest absolute Gasteiger partial charge is 0.261 e. The summed E-state index contributed by atoms with van der Waals surface area (Å²) < 4.78 is 6.74. The van der Waals surface area contributed by atoms with Crippen LogP contribution in [0.4, 0.5) is 0 Å². The van der Waals surface area contributed by atoms with Crippen molar-refractivity contribution in [3.05, 3.63) is 64.1 Å². The molecule has 2 aromatic rings. The van der Waals surface area contributed by atoms with E-state index in [2.05, 4.69) is 21.2 Å². The fourth-order valence-electron chi connectivity index (χ4n) is 3.06. The van der Waals surface area contributed by atoms with Crippen LogP contribution < -0.4 is 10.1 Å². The van der Waals surface area contributed by atoms with Crippen molar-refractivity contribution in [3.8, 4) is 5.75 Å². The standard InChI is InChI=1S/C24H31BrN2O3/c1-5-22(24(29)26-14-17(2)3)27(15-19-9-7-6-8-10-19)23(28)16-30-20-11-12-21(25)18(4)13-20/h6-13,17,22H,5,14-16H2,1-4H3,(H,26,29)/t22-/m1/s1. The quantitative estimate of drug-likeness (QED) is 0.541. The Morgan fingerprint density at radius 1 is 1.13 bits per heavy atom. The Morgan fingerprint density at radius 3 is 2.43 bits per heavy atom. The van der Waals surface area contributed by atoms with Gasteiger partial charge in [-0.1, -0.05) is 67.0 Å². The first kappa shape index (κ1) is 23.9. The molecule has 0 radical (unpaired) electrons. The van der Waals surface area contributed by atoms with Crippen molar-refractivity contribution in [1.29, 1.82) is 0 Å². The number of halogens is 1. The topological polar surface area (TPSA) is 58.6 Å². The number of amides is 2. The third-order valence-corrected chi connectivity index (χ3v) is 5.65. The van der Waals surface area contributed by atoms with Gasteiger partial charge in [0, 0.05) is 17.6 Å². The number of hydrogen-bond donors (Lipinski definition) is 1. The lowest BCUT2D eigenvalue weighted by Crippen LogP contribution is -2.50. The summed E-state index contributed by atoms with van der Waals surface area (Å²) in [6.07, 6.45) is 0.528. The highest BCUT2D eigenvalue weighted by Crippen LogP contribution is 2.22. The second-order valence-electron chi connectivity index (χ2n) is 7.77. The van der Waals surface area contributed by atoms with E-state index in [0.717, 1.165) is 15.6 Å². The first-order valence-corrected chi connectivity index (χ1v) is 11.1. The van der Waals surface area contributed by atoms with Gasteiger partial charge in [0.2, 0.25) is 5.91 Å². The van der Waals surface area contributed by atoms with Gasteiger partial charge in [0.25, 0.3) is 5.91 Å². The Hall–Kier alpha value is -2.34. The molecule has 30 heavy (non-hydrogen) atoms. The molecule has 6 heteroatoms. The zero-order valence-electron chi connectivity index (χ0n) is 18.2. The lowest BCUT2D eigenvalue weighted by Gasteiger charge is -2.30. The summed E-state index contributed by atoms with van der Waals surface area (Å²) in [5.74, 6) is 0.621. The van der Waals surface area contributed by atoms with Crippen molar-refractivity contribution in [2.45, 2.75) is 46.7 Å². The van der Waals surface area contributed by atoms with Gasteiger partial charge >= 0.3 is 0 Å². The van der Waals surface area contributed by atoms with Crippen LogP contribution in [0.1, 0.15) is 38.3 Å². The van der Waals surface area contributed by atoms with E-state index < -0.39 is 6.04 Å². The summed E-state index contributed by atoms with van der Waals surface area (Å²) >= 11 is 3.46. The molecule has 2 rings (SSSR count). The maximum Gasteiger partial charge on any atom is 0.261 e. The molecule has 1 N–H and O–H groups in total. The van der Waals surface area contributed by atoms with Crippen LogP contribution in [0.3, 0.4) is 0 Å². The van der Waals surface area contributed by atoms with Gasteiger partial charge in [-0.3, -0.25) is 9.59 Å². The number of carbonyl (C=O) groups is 2. The minimum Gasteiger partial charge on any atom is -0.484 e. The first-order chi connectivity index (χ1) is 14.3. The number of nitrogens with zero attached hydrogens (tertiary/aromatic N) is 1. The molecular weight excluding hydrogens is 444 g/mol. The van der Waals surface area contributed by atoms with Gasteiger partial charge in [-0.2, -0.15) is 0 Å². The van der Waals surface area contributed by atoms with Gasteiger partial charge in [-0.05, 0) is 48.6 Å². The summed E-state index contributed by atoms with van der Waals surface area (Å²) in [5, 5.41) is 2.96. The second kappa shape index (κ2) is 11.7. The SMILES string of the molecule is CC[C@H](C(=O)NCC(C)C)N(Cc1ccccc1)C(=O)COc1ccc(Br)c(C)c1. The molecule has 0 bridgehead atoms. The summed E-state index contributed by atoms with van der Waals surface area (Å²) in [4.78, 5) is 27.6. The van der Waals surface area contributed by atoms with Gasteiger partial charge in [-0.25, -0.2) is 0 Å². The van der Waals surface area contributed by atoms with E-state index in [1.807, 2.05) is 76.2 Å². The molecule has 0 aromatic heterocycles. The van der Waals surface area contributed by atoms with Gasteiger partial charge < -0.3 is 15.0 Å². The fourth-order valence-corrected chi connectivity index (χ4v) is 3.30. The summed E-state index contributed by atoms with van der Waals surface area (Å²) in [5.41, 5.74) is 2.00. The molecule has 2 amide bonds. The third kappa shape index (κ3) is 7.17. The highest BCUT2D eigenvalue weighted by atomic mass is 79.9. The predicted molar refractivity (Wildman–Crippen MR) is 123 cm³/mol. The maximum absolute atomic E-state index is 13.1. The minimum absolute atomic E-state index is 0.123. The lowest BCUT2D eigenvalue weighted by atomic mass is 10.1. The Kier molecular flexibility index (Phi) is 9.37. The molecule has 0 fully saturated rings. The predicted octanol–water partition coefficient (Wildman–Crippen LogP) is 4.72. The molecular formula is C24H31BrN2O3. The molecule has 0 spiro atoms. The van der Waals surface area contributed by atoms with Gasteiger partial charge in [0.1, 0.15) is 11.8 Å². The van der Waals surface area contributed by atoms with Crippen LogP contribution in [0.5, 0.6) is 5.75 Å².